The molecule has 0 N–H and O–H groups in total. The maximum Gasteiger partial charge on any atom is 0.228 e. The molecule has 2 heterocycles. The fourth-order valence-electron chi connectivity index (χ4n) is 3.07. The Hall–Kier alpha value is -1.35. The number of nitrogens with zero attached hydrogens (tertiary/aromatic N) is 1. The Balaban J connectivity index is 1.87. The van der Waals surface area contributed by atoms with Crippen molar-refractivity contribution in [2.75, 3.05) is 6.61 Å². The van der Waals surface area contributed by atoms with Crippen LogP contribution < -0.4 is 0 Å². The molecule has 0 radical (unpaired) electrons. The van der Waals surface area contributed by atoms with Gasteiger partial charge in [-0.05, 0) is 24.8 Å². The molecule has 2 aliphatic rings. The average molecular weight is 245 g/mol. The van der Waals surface area contributed by atoms with Gasteiger partial charge in [-0.2, -0.15) is 0 Å². The number of fused-ring (bicyclic) bond motifs is 1. The predicted molar refractivity (Wildman–Crippen MR) is 68.8 cm³/mol. The lowest BCUT2D eigenvalue weighted by molar-refractivity contribution is -0.148. The van der Waals surface area contributed by atoms with E-state index >= 15 is 0 Å². The number of piperidine rings is 1. The van der Waals surface area contributed by atoms with E-state index in [1.165, 1.54) is 5.56 Å². The first-order valence-corrected chi connectivity index (χ1v) is 6.80. The zero-order valence-corrected chi connectivity index (χ0v) is 10.7. The molecule has 3 heteroatoms. The summed E-state index contributed by atoms with van der Waals surface area (Å²) in [6, 6.07) is 10.3. The summed E-state index contributed by atoms with van der Waals surface area (Å²) in [5.41, 5.74) is 1.19. The number of rotatable bonds is 2. The zero-order valence-electron chi connectivity index (χ0n) is 10.7. The van der Waals surface area contributed by atoms with Gasteiger partial charge in [-0.3, -0.25) is 4.79 Å². The fraction of sp³-hybridized carbons (Fsp3) is 0.533. The summed E-state index contributed by atoms with van der Waals surface area (Å²) in [5.74, 6) is 0.467. The SMILES string of the molecule is CCC1CC[C@@H]2OC[C@@H](c3ccccc3)N2C1=O. The van der Waals surface area contributed by atoms with Crippen LogP contribution in [-0.4, -0.2) is 23.6 Å². The second-order valence-electron chi connectivity index (χ2n) is 5.14. The van der Waals surface area contributed by atoms with Crippen LogP contribution in [-0.2, 0) is 9.53 Å². The van der Waals surface area contributed by atoms with Gasteiger partial charge in [-0.15, -0.1) is 0 Å². The quantitative estimate of drug-likeness (QED) is 0.801. The second-order valence-corrected chi connectivity index (χ2v) is 5.14. The van der Waals surface area contributed by atoms with Crippen LogP contribution in [0.5, 0.6) is 0 Å². The number of ether oxygens (including phenoxy) is 1. The van der Waals surface area contributed by atoms with E-state index in [1.54, 1.807) is 0 Å². The third-order valence-electron chi connectivity index (χ3n) is 4.14. The molecule has 3 atom stereocenters. The van der Waals surface area contributed by atoms with E-state index in [0.29, 0.717) is 6.61 Å². The van der Waals surface area contributed by atoms with Gasteiger partial charge in [0.25, 0.3) is 0 Å². The van der Waals surface area contributed by atoms with E-state index in [9.17, 15) is 4.79 Å². The third-order valence-corrected chi connectivity index (χ3v) is 4.14. The molecule has 3 rings (SSSR count). The Labute approximate surface area is 108 Å². The molecule has 3 nitrogen and oxygen atoms in total. The van der Waals surface area contributed by atoms with Crippen LogP contribution in [0.25, 0.3) is 0 Å². The lowest BCUT2D eigenvalue weighted by Gasteiger charge is -2.36. The molecular weight excluding hydrogens is 226 g/mol. The van der Waals surface area contributed by atoms with Crippen LogP contribution >= 0.6 is 0 Å². The highest BCUT2D eigenvalue weighted by Gasteiger charge is 2.43. The first kappa shape index (κ1) is 11.7. The van der Waals surface area contributed by atoms with Gasteiger partial charge in [0.1, 0.15) is 6.23 Å². The Bertz CT molecular complexity index is 431. The largest absolute Gasteiger partial charge is 0.356 e. The van der Waals surface area contributed by atoms with Gasteiger partial charge >= 0.3 is 0 Å². The Morgan fingerprint density at radius 2 is 2.06 bits per heavy atom. The minimum absolute atomic E-state index is 0.00510. The minimum Gasteiger partial charge on any atom is -0.356 e. The molecule has 2 fully saturated rings. The molecule has 1 aromatic rings. The van der Waals surface area contributed by atoms with Gasteiger partial charge in [0.15, 0.2) is 0 Å². The third kappa shape index (κ3) is 1.83. The minimum atomic E-state index is 0.00510. The van der Waals surface area contributed by atoms with Crippen LogP contribution in [0.3, 0.4) is 0 Å². The summed E-state index contributed by atoms with van der Waals surface area (Å²) in [5, 5.41) is 0. The molecule has 96 valence electrons. The zero-order chi connectivity index (χ0) is 12.5. The smallest absolute Gasteiger partial charge is 0.228 e. The van der Waals surface area contributed by atoms with Gasteiger partial charge in [0, 0.05) is 5.92 Å². The highest BCUT2D eigenvalue weighted by atomic mass is 16.5. The molecule has 0 bridgehead atoms. The van der Waals surface area contributed by atoms with E-state index in [0.717, 1.165) is 19.3 Å². The lowest BCUT2D eigenvalue weighted by atomic mass is 9.92. The van der Waals surface area contributed by atoms with E-state index in [2.05, 4.69) is 19.1 Å². The molecule has 1 amide bonds. The van der Waals surface area contributed by atoms with E-state index in [4.69, 9.17) is 4.74 Å². The summed E-state index contributed by atoms with van der Waals surface area (Å²) in [6.07, 6.45) is 2.89. The van der Waals surface area contributed by atoms with Crippen molar-refractivity contribution >= 4 is 5.91 Å². The first-order valence-electron chi connectivity index (χ1n) is 6.80. The van der Waals surface area contributed by atoms with Crippen molar-refractivity contribution in [1.29, 1.82) is 0 Å². The molecule has 1 aromatic carbocycles. The van der Waals surface area contributed by atoms with Gasteiger partial charge in [-0.25, -0.2) is 0 Å². The van der Waals surface area contributed by atoms with Crippen molar-refractivity contribution in [3.8, 4) is 0 Å². The number of hydrogen-bond acceptors (Lipinski definition) is 2. The number of carbonyl (C=O) groups is 1. The van der Waals surface area contributed by atoms with Crippen LogP contribution in [0.15, 0.2) is 30.3 Å². The van der Waals surface area contributed by atoms with Crippen LogP contribution in [0.1, 0.15) is 37.8 Å². The number of benzene rings is 1. The average Bonchev–Trinajstić information content (AvgIpc) is 2.85. The molecule has 0 aliphatic carbocycles. The Kier molecular flexibility index (Phi) is 3.08. The number of hydrogen-bond donors (Lipinski definition) is 0. The molecule has 0 aromatic heterocycles. The normalized spacial score (nSPS) is 31.5. The molecular formula is C15H19NO2. The van der Waals surface area contributed by atoms with Crippen molar-refractivity contribution in [3.63, 3.8) is 0 Å². The Morgan fingerprint density at radius 3 is 2.78 bits per heavy atom. The van der Waals surface area contributed by atoms with Crippen LogP contribution in [0.2, 0.25) is 0 Å². The van der Waals surface area contributed by atoms with Crippen molar-refractivity contribution in [2.24, 2.45) is 5.92 Å². The van der Waals surface area contributed by atoms with E-state index < -0.39 is 0 Å². The van der Waals surface area contributed by atoms with Gasteiger partial charge in [-0.1, -0.05) is 37.3 Å². The second kappa shape index (κ2) is 4.73. The molecule has 0 spiro atoms. The molecule has 2 saturated heterocycles. The molecule has 2 aliphatic heterocycles. The predicted octanol–water partition coefficient (Wildman–Crippen LogP) is 2.73. The monoisotopic (exact) mass is 245 g/mol. The van der Waals surface area contributed by atoms with Crippen molar-refractivity contribution < 1.29 is 9.53 Å². The highest BCUT2D eigenvalue weighted by Crippen LogP contribution is 2.38. The standard InChI is InChI=1S/C15H19NO2/c1-2-11-8-9-14-16(15(11)17)13(10-18-14)12-6-4-3-5-7-12/h3-7,11,13-14H,2,8-10H2,1H3/t11?,13-,14-/m0/s1. The van der Waals surface area contributed by atoms with Crippen LogP contribution in [0, 0.1) is 5.92 Å². The maximum atomic E-state index is 12.5. The van der Waals surface area contributed by atoms with Gasteiger partial charge in [0.2, 0.25) is 5.91 Å². The number of amides is 1. The number of carbonyl (C=O) groups excluding carboxylic acids is 1. The topological polar surface area (TPSA) is 29.5 Å². The van der Waals surface area contributed by atoms with E-state index in [1.807, 2.05) is 23.1 Å². The maximum absolute atomic E-state index is 12.5. The van der Waals surface area contributed by atoms with Crippen molar-refractivity contribution in [2.45, 2.75) is 38.5 Å². The molecule has 1 unspecified atom stereocenters. The first-order chi connectivity index (χ1) is 8.81. The van der Waals surface area contributed by atoms with E-state index in [-0.39, 0.29) is 24.1 Å². The summed E-state index contributed by atoms with van der Waals surface area (Å²) in [4.78, 5) is 14.4. The molecule has 18 heavy (non-hydrogen) atoms. The van der Waals surface area contributed by atoms with Gasteiger partial charge in [0.05, 0.1) is 12.6 Å². The lowest BCUT2D eigenvalue weighted by Crippen LogP contribution is -2.45. The highest BCUT2D eigenvalue weighted by molar-refractivity contribution is 5.80. The summed E-state index contributed by atoms with van der Waals surface area (Å²) < 4.78 is 5.79. The molecule has 0 saturated carbocycles. The summed E-state index contributed by atoms with van der Waals surface area (Å²) in [7, 11) is 0. The Morgan fingerprint density at radius 1 is 1.28 bits per heavy atom. The van der Waals surface area contributed by atoms with Crippen molar-refractivity contribution in [3.05, 3.63) is 35.9 Å². The fourth-order valence-corrected chi connectivity index (χ4v) is 3.07. The van der Waals surface area contributed by atoms with Crippen LogP contribution in [0.4, 0.5) is 0 Å². The summed E-state index contributed by atoms with van der Waals surface area (Å²) >= 11 is 0. The van der Waals surface area contributed by atoms with Crippen molar-refractivity contribution in [1.82, 2.24) is 4.90 Å². The van der Waals surface area contributed by atoms with Gasteiger partial charge < -0.3 is 9.64 Å². The summed E-state index contributed by atoms with van der Waals surface area (Å²) in [6.45, 7) is 2.73.